The fourth-order valence-corrected chi connectivity index (χ4v) is 1.99. The average molecular weight is 292 g/mol. The van der Waals surface area contributed by atoms with Crippen LogP contribution in [0.2, 0.25) is 0 Å². The van der Waals surface area contributed by atoms with E-state index < -0.39 is 7.82 Å². The lowest BCUT2D eigenvalue weighted by Gasteiger charge is -2.02. The number of fused-ring (bicyclic) bond motifs is 1. The number of rotatable bonds is 2. The molecule has 0 atom stereocenters. The summed E-state index contributed by atoms with van der Waals surface area (Å²) in [5.74, 6) is 0.0523. The number of halogens is 1. The first-order valence-electron chi connectivity index (χ1n) is 3.97. The first kappa shape index (κ1) is 10.7. The summed E-state index contributed by atoms with van der Waals surface area (Å²) in [5, 5.41) is 0.813. The third kappa shape index (κ3) is 2.60. The van der Waals surface area contributed by atoms with Crippen molar-refractivity contribution < 1.29 is 18.9 Å². The van der Waals surface area contributed by atoms with Crippen LogP contribution in [-0.2, 0) is 4.57 Å². The highest BCUT2D eigenvalue weighted by atomic mass is 79.9. The minimum atomic E-state index is -4.50. The number of hydrogen-bond donors (Lipinski definition) is 3. The van der Waals surface area contributed by atoms with Gasteiger partial charge in [-0.05, 0) is 18.2 Å². The molecule has 1 heterocycles. The Kier molecular flexibility index (Phi) is 2.60. The van der Waals surface area contributed by atoms with Crippen molar-refractivity contribution in [2.24, 2.45) is 0 Å². The number of aromatic nitrogens is 1. The molecule has 7 heteroatoms. The van der Waals surface area contributed by atoms with Gasteiger partial charge in [-0.1, -0.05) is 15.9 Å². The van der Waals surface area contributed by atoms with Crippen LogP contribution >= 0.6 is 23.8 Å². The monoisotopic (exact) mass is 291 g/mol. The maximum Gasteiger partial charge on any atom is 0.525 e. The predicted octanol–water partition coefficient (Wildman–Crippen LogP) is 2.40. The van der Waals surface area contributed by atoms with Crippen molar-refractivity contribution in [3.05, 3.63) is 28.7 Å². The zero-order chi connectivity index (χ0) is 11.1. The van der Waals surface area contributed by atoms with Gasteiger partial charge in [-0.3, -0.25) is 9.79 Å². The average Bonchev–Trinajstić information content (AvgIpc) is 2.42. The van der Waals surface area contributed by atoms with E-state index in [0.717, 1.165) is 15.4 Å². The van der Waals surface area contributed by atoms with Crippen molar-refractivity contribution >= 4 is 34.7 Å². The van der Waals surface area contributed by atoms with Gasteiger partial charge in [0.2, 0.25) is 5.88 Å². The van der Waals surface area contributed by atoms with E-state index in [0.29, 0.717) is 0 Å². The molecule has 0 fully saturated rings. The molecule has 0 amide bonds. The van der Waals surface area contributed by atoms with Gasteiger partial charge in [0.05, 0.1) is 0 Å². The lowest BCUT2D eigenvalue weighted by molar-refractivity contribution is 0.280. The molecule has 2 aromatic rings. The number of hydrogen-bond acceptors (Lipinski definition) is 2. The van der Waals surface area contributed by atoms with Crippen molar-refractivity contribution in [3.63, 3.8) is 0 Å². The Bertz CT molecular complexity index is 547. The maximum absolute atomic E-state index is 10.6. The van der Waals surface area contributed by atoms with E-state index in [1.165, 1.54) is 6.07 Å². The molecule has 0 radical (unpaired) electrons. The molecule has 0 unspecified atom stereocenters. The summed E-state index contributed by atoms with van der Waals surface area (Å²) in [7, 11) is -4.50. The van der Waals surface area contributed by atoms with Gasteiger partial charge in [-0.15, -0.1) is 0 Å². The van der Waals surface area contributed by atoms with E-state index >= 15 is 0 Å². The number of aromatic amines is 1. The third-order valence-corrected chi connectivity index (χ3v) is 2.70. The van der Waals surface area contributed by atoms with Crippen molar-refractivity contribution in [2.45, 2.75) is 0 Å². The first-order chi connectivity index (χ1) is 6.94. The molecule has 15 heavy (non-hydrogen) atoms. The summed E-state index contributed by atoms with van der Waals surface area (Å²) in [4.78, 5) is 20.0. The van der Waals surface area contributed by atoms with E-state index in [2.05, 4.69) is 25.4 Å². The standard InChI is InChI=1S/C8H7BrNO4P/c9-6-1-2-7-5(3-6)4-8(10-7)14-15(11,12)13/h1-4,10H,(H2,11,12,13). The molecule has 0 aliphatic rings. The summed E-state index contributed by atoms with van der Waals surface area (Å²) >= 11 is 3.29. The zero-order valence-corrected chi connectivity index (χ0v) is 9.83. The molecule has 5 nitrogen and oxygen atoms in total. The largest absolute Gasteiger partial charge is 0.525 e. The van der Waals surface area contributed by atoms with E-state index in [1.54, 1.807) is 6.07 Å². The van der Waals surface area contributed by atoms with Crippen LogP contribution in [0, 0.1) is 0 Å². The third-order valence-electron chi connectivity index (χ3n) is 1.78. The van der Waals surface area contributed by atoms with Crippen LogP contribution in [-0.4, -0.2) is 14.8 Å². The van der Waals surface area contributed by atoms with Gasteiger partial charge in [-0.2, -0.15) is 0 Å². The van der Waals surface area contributed by atoms with Crippen LogP contribution in [0.5, 0.6) is 5.88 Å². The minimum Gasteiger partial charge on any atom is -0.388 e. The van der Waals surface area contributed by atoms with Crippen molar-refractivity contribution in [3.8, 4) is 5.88 Å². The van der Waals surface area contributed by atoms with E-state index in [-0.39, 0.29) is 5.88 Å². The molecular formula is C8H7BrNO4P. The fraction of sp³-hybridized carbons (Fsp3) is 0. The molecule has 0 spiro atoms. The molecule has 1 aromatic heterocycles. The topological polar surface area (TPSA) is 82.6 Å². The van der Waals surface area contributed by atoms with Crippen LogP contribution in [0.1, 0.15) is 0 Å². The number of benzene rings is 1. The highest BCUT2D eigenvalue weighted by Crippen LogP contribution is 2.38. The molecule has 80 valence electrons. The molecule has 0 saturated carbocycles. The summed E-state index contributed by atoms with van der Waals surface area (Å²) < 4.78 is 15.9. The van der Waals surface area contributed by atoms with Crippen molar-refractivity contribution in [2.75, 3.05) is 0 Å². The predicted molar refractivity (Wildman–Crippen MR) is 58.7 cm³/mol. The first-order valence-corrected chi connectivity index (χ1v) is 6.30. The number of nitrogens with one attached hydrogen (secondary N) is 1. The Morgan fingerprint density at radius 1 is 1.33 bits per heavy atom. The highest BCUT2D eigenvalue weighted by molar-refractivity contribution is 9.10. The molecule has 1 aromatic carbocycles. The Hall–Kier alpha value is -0.810. The van der Waals surface area contributed by atoms with Gasteiger partial charge in [0.25, 0.3) is 0 Å². The van der Waals surface area contributed by atoms with Gasteiger partial charge >= 0.3 is 7.82 Å². The van der Waals surface area contributed by atoms with Crippen LogP contribution < -0.4 is 4.52 Å². The van der Waals surface area contributed by atoms with Gasteiger partial charge < -0.3 is 9.51 Å². The van der Waals surface area contributed by atoms with Gasteiger partial charge in [0.15, 0.2) is 0 Å². The van der Waals surface area contributed by atoms with Crippen LogP contribution in [0.15, 0.2) is 28.7 Å². The number of H-pyrrole nitrogens is 1. The Morgan fingerprint density at radius 2 is 2.07 bits per heavy atom. The fourth-order valence-electron chi connectivity index (χ4n) is 1.25. The lowest BCUT2D eigenvalue weighted by Crippen LogP contribution is -1.89. The Labute approximate surface area is 93.4 Å². The van der Waals surface area contributed by atoms with Crippen molar-refractivity contribution in [1.82, 2.24) is 4.98 Å². The smallest absolute Gasteiger partial charge is 0.388 e. The molecule has 0 saturated heterocycles. The van der Waals surface area contributed by atoms with Gasteiger partial charge in [0.1, 0.15) is 0 Å². The van der Waals surface area contributed by atoms with E-state index in [4.69, 9.17) is 9.79 Å². The van der Waals surface area contributed by atoms with Crippen LogP contribution in [0.4, 0.5) is 0 Å². The minimum absolute atomic E-state index is 0.0523. The molecule has 0 aliphatic carbocycles. The summed E-state index contributed by atoms with van der Waals surface area (Å²) in [6, 6.07) is 6.95. The SMILES string of the molecule is O=P(O)(O)Oc1cc2cc(Br)ccc2[nH]1. The molecule has 2 rings (SSSR count). The second-order valence-electron chi connectivity index (χ2n) is 2.95. The normalized spacial score (nSPS) is 11.9. The van der Waals surface area contributed by atoms with Crippen LogP contribution in [0.3, 0.4) is 0 Å². The quantitative estimate of drug-likeness (QED) is 0.742. The Balaban J connectivity index is 2.43. The summed E-state index contributed by atoms with van der Waals surface area (Å²) in [6.07, 6.45) is 0. The number of phosphoric acid groups is 1. The Morgan fingerprint density at radius 3 is 2.73 bits per heavy atom. The highest BCUT2D eigenvalue weighted by Gasteiger charge is 2.17. The number of phosphoric ester groups is 1. The summed E-state index contributed by atoms with van der Waals surface area (Å²) in [5.41, 5.74) is 0.752. The van der Waals surface area contributed by atoms with Gasteiger partial charge in [-0.25, -0.2) is 4.57 Å². The lowest BCUT2D eigenvalue weighted by atomic mass is 10.3. The second kappa shape index (κ2) is 3.64. The maximum atomic E-state index is 10.6. The molecular weight excluding hydrogens is 285 g/mol. The second-order valence-corrected chi connectivity index (χ2v) is 5.03. The van der Waals surface area contributed by atoms with Crippen molar-refractivity contribution in [1.29, 1.82) is 0 Å². The molecule has 0 aliphatic heterocycles. The summed E-state index contributed by atoms with van der Waals surface area (Å²) in [6.45, 7) is 0. The van der Waals surface area contributed by atoms with E-state index in [9.17, 15) is 4.57 Å². The molecule has 3 N–H and O–H groups in total. The van der Waals surface area contributed by atoms with Crippen LogP contribution in [0.25, 0.3) is 10.9 Å². The van der Waals surface area contributed by atoms with E-state index in [1.807, 2.05) is 12.1 Å². The zero-order valence-electron chi connectivity index (χ0n) is 7.35. The molecule has 0 bridgehead atoms. The van der Waals surface area contributed by atoms with Gasteiger partial charge in [0, 0.05) is 21.4 Å².